The van der Waals surface area contributed by atoms with Crippen LogP contribution in [0.1, 0.15) is 28.1 Å². The van der Waals surface area contributed by atoms with E-state index in [1.807, 2.05) is 54.8 Å². The van der Waals surface area contributed by atoms with E-state index in [0.717, 1.165) is 27.7 Å². The quantitative estimate of drug-likeness (QED) is 0.249. The van der Waals surface area contributed by atoms with E-state index >= 15 is 0 Å². The maximum Gasteiger partial charge on any atom is 0.211 e. The molecule has 0 bridgehead atoms. The zero-order valence-electron chi connectivity index (χ0n) is 18.9. The zero-order chi connectivity index (χ0) is 23.0. The van der Waals surface area contributed by atoms with Gasteiger partial charge in [-0.2, -0.15) is 9.78 Å². The predicted octanol–water partition coefficient (Wildman–Crippen LogP) is 5.37. The molecule has 33 heavy (non-hydrogen) atoms. The van der Waals surface area contributed by atoms with E-state index in [2.05, 4.69) is 41.4 Å². The molecule has 3 aromatic carbocycles. The van der Waals surface area contributed by atoms with Gasteiger partial charge in [-0.15, -0.1) is 10.2 Å². The number of aryl methyl sites for hydroxylation is 1. The van der Waals surface area contributed by atoms with Crippen molar-refractivity contribution in [3.63, 3.8) is 0 Å². The Hall–Kier alpha value is -3.58. The van der Waals surface area contributed by atoms with Gasteiger partial charge in [0.25, 0.3) is 0 Å². The summed E-state index contributed by atoms with van der Waals surface area (Å²) >= 11 is 1.50. The highest BCUT2D eigenvalue weighted by atomic mass is 32.2. The highest BCUT2D eigenvalue weighted by Gasteiger charge is 2.13. The lowest BCUT2D eigenvalue weighted by atomic mass is 10.1. The molecule has 4 aromatic rings. The average molecular weight is 459 g/mol. The van der Waals surface area contributed by atoms with Crippen LogP contribution in [-0.4, -0.2) is 34.5 Å². The van der Waals surface area contributed by atoms with Crippen LogP contribution in [0.15, 0.2) is 83.1 Å². The third kappa shape index (κ3) is 5.62. The molecule has 1 heterocycles. The van der Waals surface area contributed by atoms with Crippen molar-refractivity contribution in [2.45, 2.75) is 25.1 Å². The Bertz CT molecular complexity index is 1240. The van der Waals surface area contributed by atoms with E-state index < -0.39 is 0 Å². The van der Waals surface area contributed by atoms with Crippen LogP contribution >= 0.6 is 11.8 Å². The Morgan fingerprint density at radius 3 is 2.52 bits per heavy atom. The predicted molar refractivity (Wildman–Crippen MR) is 133 cm³/mol. The molecule has 0 saturated heterocycles. The molecular formula is C26H26N4O2S. The second kappa shape index (κ2) is 10.8. The van der Waals surface area contributed by atoms with Crippen LogP contribution in [-0.2, 0) is 13.0 Å². The molecule has 168 valence electrons. The topological polar surface area (TPSA) is 61.5 Å². The van der Waals surface area contributed by atoms with Crippen LogP contribution < -0.4 is 9.47 Å². The zero-order valence-corrected chi connectivity index (χ0v) is 19.7. The molecule has 0 spiro atoms. The van der Waals surface area contributed by atoms with E-state index in [1.54, 1.807) is 18.0 Å². The van der Waals surface area contributed by atoms with Gasteiger partial charge in [-0.25, -0.2) is 0 Å². The fourth-order valence-electron chi connectivity index (χ4n) is 3.45. The lowest BCUT2D eigenvalue weighted by Crippen LogP contribution is -2.04. The molecule has 0 amide bonds. The third-order valence-corrected chi connectivity index (χ3v) is 5.69. The first-order valence-electron chi connectivity index (χ1n) is 10.6. The Balaban J connectivity index is 1.62. The van der Waals surface area contributed by atoms with E-state index in [0.29, 0.717) is 24.5 Å². The van der Waals surface area contributed by atoms with Crippen molar-refractivity contribution in [3.8, 4) is 11.5 Å². The van der Waals surface area contributed by atoms with Gasteiger partial charge >= 0.3 is 0 Å². The van der Waals surface area contributed by atoms with Gasteiger partial charge in [0.05, 0.1) is 13.3 Å². The second-order valence-electron chi connectivity index (χ2n) is 7.48. The molecule has 0 aliphatic rings. The van der Waals surface area contributed by atoms with Crippen molar-refractivity contribution in [1.29, 1.82) is 0 Å². The molecule has 0 unspecified atom stereocenters. The normalized spacial score (nSPS) is 11.1. The SMILES string of the molecule is COc1cccc(/C=N\n2c(Cc3ccccc3)nnc2SC)c1OCc1cccc(C)c1. The van der Waals surface area contributed by atoms with Crippen LogP contribution in [0.25, 0.3) is 0 Å². The maximum atomic E-state index is 6.19. The largest absolute Gasteiger partial charge is 0.493 e. The first-order chi connectivity index (χ1) is 16.2. The number of benzene rings is 3. The van der Waals surface area contributed by atoms with Gasteiger partial charge in [-0.1, -0.05) is 78.0 Å². The molecule has 0 fully saturated rings. The average Bonchev–Trinajstić information content (AvgIpc) is 3.23. The Labute approximate surface area is 198 Å². The van der Waals surface area contributed by atoms with Crippen molar-refractivity contribution in [2.75, 3.05) is 13.4 Å². The van der Waals surface area contributed by atoms with Crippen LogP contribution in [0.5, 0.6) is 11.5 Å². The fraction of sp³-hybridized carbons (Fsp3) is 0.192. The summed E-state index contributed by atoms with van der Waals surface area (Å²) < 4.78 is 13.5. The number of thioether (sulfide) groups is 1. The highest BCUT2D eigenvalue weighted by molar-refractivity contribution is 7.98. The minimum atomic E-state index is 0.435. The summed E-state index contributed by atoms with van der Waals surface area (Å²) in [6.45, 7) is 2.51. The molecule has 0 saturated carbocycles. The van der Waals surface area contributed by atoms with Crippen molar-refractivity contribution in [2.24, 2.45) is 5.10 Å². The number of nitrogens with zero attached hydrogens (tertiary/aromatic N) is 4. The Morgan fingerprint density at radius 2 is 1.76 bits per heavy atom. The number of aromatic nitrogens is 3. The van der Waals surface area contributed by atoms with E-state index in [9.17, 15) is 0 Å². The minimum Gasteiger partial charge on any atom is -0.493 e. The van der Waals surface area contributed by atoms with Crippen LogP contribution in [0, 0.1) is 6.92 Å². The van der Waals surface area contributed by atoms with Crippen LogP contribution in [0.2, 0.25) is 0 Å². The van der Waals surface area contributed by atoms with Gasteiger partial charge in [0.15, 0.2) is 17.3 Å². The molecule has 0 radical (unpaired) electrons. The van der Waals surface area contributed by atoms with Gasteiger partial charge in [0, 0.05) is 12.0 Å². The first-order valence-corrected chi connectivity index (χ1v) is 11.8. The first kappa shape index (κ1) is 22.6. The number of hydrogen-bond donors (Lipinski definition) is 0. The maximum absolute atomic E-state index is 6.19. The molecular weight excluding hydrogens is 432 g/mol. The van der Waals surface area contributed by atoms with Crippen LogP contribution in [0.4, 0.5) is 0 Å². The summed E-state index contributed by atoms with van der Waals surface area (Å²) in [5, 5.41) is 14.1. The lowest BCUT2D eigenvalue weighted by molar-refractivity contribution is 0.284. The fourth-order valence-corrected chi connectivity index (χ4v) is 3.90. The standard InChI is InChI=1S/C26H26N4O2S/c1-19-9-7-12-21(15-19)18-32-25-22(13-8-14-23(25)31-2)17-27-30-24(28-29-26(30)33-3)16-20-10-5-4-6-11-20/h4-15,17H,16,18H2,1-3H3/b27-17-. The van der Waals surface area contributed by atoms with Crippen molar-refractivity contribution < 1.29 is 9.47 Å². The van der Waals surface area contributed by atoms with E-state index in [1.165, 1.54) is 17.3 Å². The molecule has 0 atom stereocenters. The van der Waals surface area contributed by atoms with Crippen molar-refractivity contribution in [3.05, 3.63) is 101 Å². The molecule has 4 rings (SSSR count). The molecule has 6 nitrogen and oxygen atoms in total. The molecule has 0 aliphatic heterocycles. The Morgan fingerprint density at radius 1 is 0.970 bits per heavy atom. The lowest BCUT2D eigenvalue weighted by Gasteiger charge is -2.13. The second-order valence-corrected chi connectivity index (χ2v) is 8.25. The van der Waals surface area contributed by atoms with Gasteiger partial charge in [-0.05, 0) is 36.4 Å². The summed E-state index contributed by atoms with van der Waals surface area (Å²) in [7, 11) is 1.64. The number of rotatable bonds is 9. The number of ether oxygens (including phenoxy) is 2. The minimum absolute atomic E-state index is 0.435. The van der Waals surface area contributed by atoms with E-state index in [4.69, 9.17) is 14.6 Å². The monoisotopic (exact) mass is 458 g/mol. The van der Waals surface area contributed by atoms with Crippen molar-refractivity contribution >= 4 is 18.0 Å². The van der Waals surface area contributed by atoms with Gasteiger partial charge in [0.2, 0.25) is 5.16 Å². The highest BCUT2D eigenvalue weighted by Crippen LogP contribution is 2.31. The van der Waals surface area contributed by atoms with Crippen molar-refractivity contribution in [1.82, 2.24) is 14.9 Å². The number of para-hydroxylation sites is 1. The van der Waals surface area contributed by atoms with Gasteiger partial charge < -0.3 is 9.47 Å². The van der Waals surface area contributed by atoms with Gasteiger partial charge in [-0.3, -0.25) is 0 Å². The molecule has 1 aromatic heterocycles. The van der Waals surface area contributed by atoms with Gasteiger partial charge in [0.1, 0.15) is 6.61 Å². The number of hydrogen-bond acceptors (Lipinski definition) is 6. The summed E-state index contributed by atoms with van der Waals surface area (Å²) in [4.78, 5) is 0. The molecule has 7 heteroatoms. The summed E-state index contributed by atoms with van der Waals surface area (Å²) in [6.07, 6.45) is 4.37. The Kier molecular flexibility index (Phi) is 7.42. The summed E-state index contributed by atoms with van der Waals surface area (Å²) in [5.41, 5.74) is 4.25. The number of methoxy groups -OCH3 is 1. The summed E-state index contributed by atoms with van der Waals surface area (Å²) in [5.74, 6) is 2.07. The van der Waals surface area contributed by atoms with E-state index in [-0.39, 0.29) is 0 Å². The molecule has 0 N–H and O–H groups in total. The third-order valence-electron chi connectivity index (χ3n) is 5.07. The van der Waals surface area contributed by atoms with Crippen LogP contribution in [0.3, 0.4) is 0 Å². The molecule has 0 aliphatic carbocycles. The smallest absolute Gasteiger partial charge is 0.211 e. The summed E-state index contributed by atoms with van der Waals surface area (Å²) in [6, 6.07) is 24.2.